The third-order valence-electron chi connectivity index (χ3n) is 4.32. The lowest BCUT2D eigenvalue weighted by Crippen LogP contribution is -2.40. The third-order valence-corrected chi connectivity index (χ3v) is 6.19. The number of rotatable bonds is 6. The van der Waals surface area contributed by atoms with Gasteiger partial charge in [-0.1, -0.05) is 6.08 Å². The molecule has 1 aromatic heterocycles. The van der Waals surface area contributed by atoms with E-state index < -0.39 is 27.0 Å². The van der Waals surface area contributed by atoms with Crippen molar-refractivity contribution in [1.82, 2.24) is 4.31 Å². The minimum absolute atomic E-state index is 0.111. The number of carbonyl (C=O) groups is 1. The van der Waals surface area contributed by atoms with Crippen LogP contribution in [0.25, 0.3) is 0 Å². The van der Waals surface area contributed by atoms with Gasteiger partial charge in [0, 0.05) is 24.3 Å². The molecule has 28 heavy (non-hydrogen) atoms. The van der Waals surface area contributed by atoms with E-state index in [0.29, 0.717) is 5.76 Å². The number of esters is 1. The monoisotopic (exact) mass is 406 g/mol. The Labute approximate surface area is 161 Å². The van der Waals surface area contributed by atoms with Crippen molar-refractivity contribution in [2.45, 2.75) is 24.3 Å². The molecule has 0 saturated carbocycles. The van der Waals surface area contributed by atoms with Crippen molar-refractivity contribution >= 4 is 21.7 Å². The zero-order valence-electron chi connectivity index (χ0n) is 15.0. The summed E-state index contributed by atoms with van der Waals surface area (Å²) in [5, 5.41) is 10.8. The summed E-state index contributed by atoms with van der Waals surface area (Å²) in [4.78, 5) is 22.2. The topological polar surface area (TPSA) is 120 Å². The van der Waals surface area contributed by atoms with Crippen molar-refractivity contribution < 1.29 is 27.3 Å². The number of ether oxygens (including phenoxy) is 1. The first-order valence-corrected chi connectivity index (χ1v) is 9.94. The summed E-state index contributed by atoms with van der Waals surface area (Å²) >= 11 is 0. The molecule has 0 saturated heterocycles. The first kappa shape index (κ1) is 19.8. The molecule has 1 aromatic carbocycles. The molecule has 0 aliphatic carbocycles. The molecular formula is C18H18N2O7S. The quantitative estimate of drug-likeness (QED) is 0.411. The maximum absolute atomic E-state index is 13.2. The second-order valence-corrected chi connectivity index (χ2v) is 7.91. The van der Waals surface area contributed by atoms with Crippen LogP contribution in [0.2, 0.25) is 0 Å². The molecular weight excluding hydrogens is 388 g/mol. The number of hydrogen-bond acceptors (Lipinski definition) is 7. The molecule has 2 aromatic rings. The summed E-state index contributed by atoms with van der Waals surface area (Å²) in [5.41, 5.74) is 0.0161. The Hall–Kier alpha value is -2.98. The average molecular weight is 406 g/mol. The Morgan fingerprint density at radius 1 is 1.32 bits per heavy atom. The summed E-state index contributed by atoms with van der Waals surface area (Å²) in [7, 11) is -4.06. The van der Waals surface area contributed by atoms with E-state index in [-0.39, 0.29) is 35.7 Å². The number of nitrogens with zero attached hydrogens (tertiary/aromatic N) is 2. The van der Waals surface area contributed by atoms with Crippen molar-refractivity contribution in [3.63, 3.8) is 0 Å². The predicted octanol–water partition coefficient (Wildman–Crippen LogP) is 2.81. The van der Waals surface area contributed by atoms with E-state index in [1.54, 1.807) is 25.1 Å². The summed E-state index contributed by atoms with van der Waals surface area (Å²) in [5.74, 6) is -0.145. The molecule has 0 radical (unpaired) electrons. The molecule has 0 fully saturated rings. The van der Waals surface area contributed by atoms with Crippen LogP contribution in [0.4, 0.5) is 5.69 Å². The second kappa shape index (κ2) is 7.95. The van der Waals surface area contributed by atoms with Crippen LogP contribution in [-0.2, 0) is 19.6 Å². The van der Waals surface area contributed by atoms with Gasteiger partial charge in [0.05, 0.1) is 28.7 Å². The van der Waals surface area contributed by atoms with Crippen molar-refractivity contribution in [3.8, 4) is 0 Å². The number of benzene rings is 1. The van der Waals surface area contributed by atoms with E-state index in [4.69, 9.17) is 9.15 Å². The largest absolute Gasteiger partial charge is 0.468 e. The molecule has 0 bridgehead atoms. The Morgan fingerprint density at radius 2 is 2.04 bits per heavy atom. The molecule has 148 valence electrons. The number of non-ortho nitro benzene ring substituents is 1. The highest BCUT2D eigenvalue weighted by molar-refractivity contribution is 7.89. The van der Waals surface area contributed by atoms with Crippen molar-refractivity contribution in [2.24, 2.45) is 0 Å². The summed E-state index contributed by atoms with van der Waals surface area (Å²) < 4.78 is 38.0. The number of hydrogen-bond donors (Lipinski definition) is 0. The van der Waals surface area contributed by atoms with Gasteiger partial charge >= 0.3 is 5.97 Å². The van der Waals surface area contributed by atoms with E-state index >= 15 is 0 Å². The maximum atomic E-state index is 13.2. The highest BCUT2D eigenvalue weighted by Gasteiger charge is 2.38. The molecule has 2 heterocycles. The number of nitro benzene ring substituents is 1. The Kier molecular flexibility index (Phi) is 5.61. The minimum atomic E-state index is -4.06. The fourth-order valence-corrected chi connectivity index (χ4v) is 4.54. The van der Waals surface area contributed by atoms with Crippen LogP contribution >= 0.6 is 0 Å². The highest BCUT2D eigenvalue weighted by atomic mass is 32.2. The maximum Gasteiger partial charge on any atom is 0.335 e. The minimum Gasteiger partial charge on any atom is -0.468 e. The molecule has 0 unspecified atom stereocenters. The molecule has 0 amide bonds. The zero-order chi connectivity index (χ0) is 20.3. The highest BCUT2D eigenvalue weighted by Crippen LogP contribution is 2.35. The lowest BCUT2D eigenvalue weighted by atomic mass is 10.0. The SMILES string of the molecule is CCOC(=O)C1=CC[C@H](c2ccco2)N(S(=O)(=O)c2ccc([N+](=O)[O-])cc2)C1. The first-order chi connectivity index (χ1) is 13.3. The van der Waals surface area contributed by atoms with Gasteiger partial charge in [-0.2, -0.15) is 4.31 Å². The average Bonchev–Trinajstić information content (AvgIpc) is 3.22. The standard InChI is InChI=1S/C18H18N2O7S/c1-2-26-18(21)13-5-10-16(17-4-3-11-27-17)19(12-13)28(24,25)15-8-6-14(7-9-15)20(22)23/h3-9,11,16H,2,10,12H2,1H3/t16-/m1/s1. The van der Waals surface area contributed by atoms with Crippen LogP contribution in [0, 0.1) is 10.1 Å². The lowest BCUT2D eigenvalue weighted by Gasteiger charge is -2.32. The van der Waals surface area contributed by atoms with Gasteiger partial charge in [0.25, 0.3) is 5.69 Å². The smallest absolute Gasteiger partial charge is 0.335 e. The van der Waals surface area contributed by atoms with Gasteiger partial charge in [-0.25, -0.2) is 13.2 Å². The molecule has 9 nitrogen and oxygen atoms in total. The van der Waals surface area contributed by atoms with Crippen molar-refractivity contribution in [3.05, 3.63) is 70.2 Å². The molecule has 1 aliphatic rings. The zero-order valence-corrected chi connectivity index (χ0v) is 15.8. The van der Waals surface area contributed by atoms with Gasteiger partial charge in [-0.3, -0.25) is 10.1 Å². The van der Waals surface area contributed by atoms with Crippen LogP contribution < -0.4 is 0 Å². The number of sulfonamides is 1. The fraction of sp³-hybridized carbons (Fsp3) is 0.278. The van der Waals surface area contributed by atoms with Crippen LogP contribution in [0.3, 0.4) is 0 Å². The lowest BCUT2D eigenvalue weighted by molar-refractivity contribution is -0.384. The number of nitro groups is 1. The van der Waals surface area contributed by atoms with Crippen LogP contribution in [0.1, 0.15) is 25.1 Å². The van der Waals surface area contributed by atoms with Gasteiger partial charge in [0.1, 0.15) is 5.76 Å². The van der Waals surface area contributed by atoms with Crippen LogP contribution in [0.5, 0.6) is 0 Å². The normalized spacial score (nSPS) is 17.8. The van der Waals surface area contributed by atoms with Gasteiger partial charge < -0.3 is 9.15 Å². The van der Waals surface area contributed by atoms with E-state index in [1.807, 2.05) is 0 Å². The van der Waals surface area contributed by atoms with Crippen LogP contribution in [-0.4, -0.2) is 36.8 Å². The predicted molar refractivity (Wildman–Crippen MR) is 97.8 cm³/mol. The van der Waals surface area contributed by atoms with Gasteiger partial charge in [-0.05, 0) is 37.6 Å². The Bertz CT molecular complexity index is 995. The third kappa shape index (κ3) is 3.82. The van der Waals surface area contributed by atoms with Gasteiger partial charge in [-0.15, -0.1) is 0 Å². The van der Waals surface area contributed by atoms with E-state index in [2.05, 4.69) is 0 Å². The summed E-state index contributed by atoms with van der Waals surface area (Å²) in [6, 6.07) is 7.27. The van der Waals surface area contributed by atoms with E-state index in [1.165, 1.54) is 18.4 Å². The summed E-state index contributed by atoms with van der Waals surface area (Å²) in [6.45, 7) is 1.65. The van der Waals surface area contributed by atoms with Gasteiger partial charge in [0.2, 0.25) is 10.0 Å². The molecule has 0 N–H and O–H groups in total. The molecule has 3 rings (SSSR count). The van der Waals surface area contributed by atoms with E-state index in [9.17, 15) is 23.3 Å². The van der Waals surface area contributed by atoms with E-state index in [0.717, 1.165) is 16.4 Å². The van der Waals surface area contributed by atoms with Gasteiger partial charge in [0.15, 0.2) is 0 Å². The molecule has 1 aliphatic heterocycles. The Morgan fingerprint density at radius 3 is 2.61 bits per heavy atom. The molecule has 0 spiro atoms. The second-order valence-electron chi connectivity index (χ2n) is 6.02. The number of carbonyl (C=O) groups excluding carboxylic acids is 1. The van der Waals surface area contributed by atoms with Crippen molar-refractivity contribution in [1.29, 1.82) is 0 Å². The van der Waals surface area contributed by atoms with Crippen molar-refractivity contribution in [2.75, 3.05) is 13.2 Å². The first-order valence-electron chi connectivity index (χ1n) is 8.50. The van der Waals surface area contributed by atoms with Crippen LogP contribution in [0.15, 0.2) is 63.6 Å². The fourth-order valence-electron chi connectivity index (χ4n) is 2.95. The number of furan rings is 1. The molecule has 10 heteroatoms. The molecule has 1 atom stereocenters. The Balaban J connectivity index is 1.99. The summed E-state index contributed by atoms with van der Waals surface area (Å²) in [6.07, 6.45) is 3.32.